The fraction of sp³-hybridized carbons (Fsp3) is 0.562. The van der Waals surface area contributed by atoms with Crippen LogP contribution in [0.15, 0.2) is 15.5 Å². The first-order valence-corrected chi connectivity index (χ1v) is 10.1. The molecule has 1 fully saturated rings. The van der Waals surface area contributed by atoms with E-state index in [1.54, 1.807) is 18.9 Å². The molecule has 2 aromatic rings. The molecule has 0 unspecified atom stereocenters. The molecule has 1 aliphatic rings. The van der Waals surface area contributed by atoms with Crippen LogP contribution in [0.5, 0.6) is 0 Å². The molecule has 0 N–H and O–H groups in total. The molecule has 1 amide bonds. The minimum atomic E-state index is -3.28. The van der Waals surface area contributed by atoms with E-state index in [1.165, 1.54) is 15.2 Å². The van der Waals surface area contributed by atoms with Crippen LogP contribution in [0.4, 0.5) is 0 Å². The Labute approximate surface area is 151 Å². The molecule has 0 aliphatic carbocycles. The van der Waals surface area contributed by atoms with Crippen LogP contribution in [0.2, 0.25) is 0 Å². The summed E-state index contributed by atoms with van der Waals surface area (Å²) in [6, 6.07) is 0. The first-order chi connectivity index (χ1) is 12.3. The van der Waals surface area contributed by atoms with Gasteiger partial charge in [0.05, 0.1) is 11.3 Å². The number of piperazine rings is 1. The molecule has 0 radical (unpaired) electrons. The van der Waals surface area contributed by atoms with E-state index >= 15 is 0 Å². The Bertz CT molecular complexity index is 1000. The van der Waals surface area contributed by atoms with Gasteiger partial charge in [0.1, 0.15) is 17.5 Å². The second-order valence-corrected chi connectivity index (χ2v) is 8.47. The minimum absolute atomic E-state index is 0.105. The number of carbonyl (C=O) groups excluding carboxylic acids is 1. The maximum atomic E-state index is 13.0. The molecule has 3 rings (SSSR count). The molecule has 0 spiro atoms. The third kappa shape index (κ3) is 3.14. The summed E-state index contributed by atoms with van der Waals surface area (Å²) >= 11 is 0. The van der Waals surface area contributed by atoms with Crippen molar-refractivity contribution in [3.05, 3.63) is 28.0 Å². The van der Waals surface area contributed by atoms with Gasteiger partial charge >= 0.3 is 0 Å². The Morgan fingerprint density at radius 2 is 1.92 bits per heavy atom. The fourth-order valence-corrected chi connectivity index (χ4v) is 4.65. The topological polar surface area (TPSA) is 106 Å². The van der Waals surface area contributed by atoms with Crippen LogP contribution in [0.3, 0.4) is 0 Å². The molecule has 26 heavy (non-hydrogen) atoms. The summed E-state index contributed by atoms with van der Waals surface area (Å²) in [6.45, 7) is 4.48. The van der Waals surface area contributed by atoms with Crippen LogP contribution < -0.4 is 5.56 Å². The number of nitrogens with zero attached hydrogens (tertiary/aromatic N) is 4. The smallest absolute Gasteiger partial charge is 0.265 e. The van der Waals surface area contributed by atoms with Crippen LogP contribution in [0, 0.1) is 6.92 Å². The van der Waals surface area contributed by atoms with Gasteiger partial charge < -0.3 is 13.9 Å². The average molecular weight is 382 g/mol. The van der Waals surface area contributed by atoms with E-state index in [-0.39, 0.29) is 60.1 Å². The van der Waals surface area contributed by atoms with Crippen molar-refractivity contribution >= 4 is 27.0 Å². The molecule has 1 aliphatic heterocycles. The molecular weight excluding hydrogens is 360 g/mol. The summed E-state index contributed by atoms with van der Waals surface area (Å²) in [6.07, 6.45) is 1.90. The SMILES string of the molecule is CCCS(=O)(=O)N1CCN(C(=O)c2c(C)oc3ncn(C)c(=O)c23)CC1. The van der Waals surface area contributed by atoms with E-state index in [0.717, 1.165) is 0 Å². The Hall–Kier alpha value is -2.20. The number of fused-ring (bicyclic) bond motifs is 1. The standard InChI is InChI=1S/C16H22N4O5S/c1-4-9-26(23,24)20-7-5-19(6-8-20)16(22)12-11(2)25-14-13(12)15(21)18(3)10-17-14/h10H,4-9H2,1-3H3. The van der Waals surface area contributed by atoms with E-state index in [0.29, 0.717) is 12.2 Å². The zero-order valence-electron chi connectivity index (χ0n) is 15.1. The third-order valence-electron chi connectivity index (χ3n) is 4.54. The largest absolute Gasteiger partial charge is 0.442 e. The lowest BCUT2D eigenvalue weighted by Gasteiger charge is -2.34. The molecule has 0 aromatic carbocycles. The van der Waals surface area contributed by atoms with Crippen LogP contribution >= 0.6 is 0 Å². The molecule has 0 saturated carbocycles. The summed E-state index contributed by atoms with van der Waals surface area (Å²) in [7, 11) is -1.72. The van der Waals surface area contributed by atoms with Crippen molar-refractivity contribution in [1.82, 2.24) is 18.8 Å². The lowest BCUT2D eigenvalue weighted by Crippen LogP contribution is -2.51. The van der Waals surface area contributed by atoms with Crippen LogP contribution in [0.1, 0.15) is 29.5 Å². The van der Waals surface area contributed by atoms with Crippen molar-refractivity contribution in [3.8, 4) is 0 Å². The van der Waals surface area contributed by atoms with E-state index in [2.05, 4.69) is 4.98 Å². The quantitative estimate of drug-likeness (QED) is 0.755. The van der Waals surface area contributed by atoms with E-state index in [1.807, 2.05) is 6.92 Å². The van der Waals surface area contributed by atoms with E-state index in [4.69, 9.17) is 4.42 Å². The van der Waals surface area contributed by atoms with Gasteiger partial charge in [-0.25, -0.2) is 13.4 Å². The lowest BCUT2D eigenvalue weighted by molar-refractivity contribution is 0.0697. The number of rotatable bonds is 4. The van der Waals surface area contributed by atoms with E-state index in [9.17, 15) is 18.0 Å². The monoisotopic (exact) mass is 382 g/mol. The van der Waals surface area contributed by atoms with Gasteiger partial charge in [0.2, 0.25) is 15.7 Å². The van der Waals surface area contributed by atoms with Gasteiger partial charge in [-0.05, 0) is 13.3 Å². The highest BCUT2D eigenvalue weighted by Crippen LogP contribution is 2.23. The lowest BCUT2D eigenvalue weighted by atomic mass is 10.1. The number of furan rings is 1. The summed E-state index contributed by atoms with van der Waals surface area (Å²) in [5.74, 6) is 0.106. The molecule has 10 heteroatoms. The predicted octanol–water partition coefficient (Wildman–Crippen LogP) is 0.333. The highest BCUT2D eigenvalue weighted by atomic mass is 32.2. The molecule has 2 aromatic heterocycles. The number of aromatic nitrogens is 2. The van der Waals surface area contributed by atoms with Gasteiger partial charge in [0, 0.05) is 33.2 Å². The van der Waals surface area contributed by atoms with Crippen LogP contribution in [-0.4, -0.2) is 65.0 Å². The fourth-order valence-electron chi connectivity index (χ4n) is 3.16. The summed E-state index contributed by atoms with van der Waals surface area (Å²) in [5, 5.41) is 0.165. The van der Waals surface area contributed by atoms with Crippen molar-refractivity contribution in [2.75, 3.05) is 31.9 Å². The zero-order valence-corrected chi connectivity index (χ0v) is 15.9. The normalized spacial score (nSPS) is 16.3. The molecule has 0 atom stereocenters. The number of aryl methyl sites for hydroxylation is 2. The molecular formula is C16H22N4O5S. The first kappa shape index (κ1) is 18.6. The average Bonchev–Trinajstić information content (AvgIpc) is 2.94. The Morgan fingerprint density at radius 3 is 2.54 bits per heavy atom. The molecule has 142 valence electrons. The summed E-state index contributed by atoms with van der Waals surface area (Å²) < 4.78 is 32.5. The van der Waals surface area contributed by atoms with Crippen molar-refractivity contribution in [3.63, 3.8) is 0 Å². The number of hydrogen-bond donors (Lipinski definition) is 0. The van der Waals surface area contributed by atoms with Crippen molar-refractivity contribution < 1.29 is 17.6 Å². The first-order valence-electron chi connectivity index (χ1n) is 8.48. The summed E-state index contributed by atoms with van der Waals surface area (Å²) in [4.78, 5) is 31.0. The number of carbonyl (C=O) groups is 1. The van der Waals surface area contributed by atoms with Gasteiger partial charge in [-0.1, -0.05) is 6.92 Å². The molecule has 3 heterocycles. The molecule has 9 nitrogen and oxygen atoms in total. The van der Waals surface area contributed by atoms with Crippen molar-refractivity contribution in [1.29, 1.82) is 0 Å². The van der Waals surface area contributed by atoms with Crippen LogP contribution in [0.25, 0.3) is 11.1 Å². The minimum Gasteiger partial charge on any atom is -0.442 e. The number of sulfonamides is 1. The van der Waals surface area contributed by atoms with E-state index < -0.39 is 10.0 Å². The third-order valence-corrected chi connectivity index (χ3v) is 6.62. The van der Waals surface area contributed by atoms with Crippen LogP contribution in [-0.2, 0) is 17.1 Å². The Morgan fingerprint density at radius 1 is 1.27 bits per heavy atom. The predicted molar refractivity (Wildman–Crippen MR) is 95.5 cm³/mol. The second-order valence-electron chi connectivity index (χ2n) is 6.38. The van der Waals surface area contributed by atoms with Crippen molar-refractivity contribution in [2.45, 2.75) is 20.3 Å². The Kier molecular flexibility index (Phi) is 4.89. The molecule has 0 bridgehead atoms. The highest BCUT2D eigenvalue weighted by Gasteiger charge is 2.31. The highest BCUT2D eigenvalue weighted by molar-refractivity contribution is 7.89. The molecule has 1 saturated heterocycles. The maximum absolute atomic E-state index is 13.0. The second kappa shape index (κ2) is 6.84. The van der Waals surface area contributed by atoms with Gasteiger partial charge in [-0.2, -0.15) is 4.31 Å². The van der Waals surface area contributed by atoms with Crippen molar-refractivity contribution in [2.24, 2.45) is 7.05 Å². The zero-order chi connectivity index (χ0) is 19.1. The Balaban J connectivity index is 1.86. The van der Waals surface area contributed by atoms with Gasteiger partial charge in [0.25, 0.3) is 11.5 Å². The number of hydrogen-bond acceptors (Lipinski definition) is 6. The maximum Gasteiger partial charge on any atom is 0.265 e. The van der Waals surface area contributed by atoms with Gasteiger partial charge in [-0.3, -0.25) is 9.59 Å². The summed E-state index contributed by atoms with van der Waals surface area (Å²) in [5.41, 5.74) is -0.00367. The van der Waals surface area contributed by atoms with Gasteiger partial charge in [0.15, 0.2) is 0 Å². The number of amides is 1. The van der Waals surface area contributed by atoms with Gasteiger partial charge in [-0.15, -0.1) is 0 Å².